The zero-order valence-electron chi connectivity index (χ0n) is 20.8. The Bertz CT molecular complexity index is 1060. The van der Waals surface area contributed by atoms with Crippen LogP contribution in [0, 0.1) is 0 Å². The van der Waals surface area contributed by atoms with Crippen molar-refractivity contribution < 1.29 is 0 Å². The lowest BCUT2D eigenvalue weighted by Crippen LogP contribution is -2.13. The molecule has 0 aliphatic carbocycles. The Hall–Kier alpha value is -4.07. The van der Waals surface area contributed by atoms with Gasteiger partial charge in [0.2, 0.25) is 0 Å². The number of nitrogens with one attached hydrogen (secondary N) is 2. The van der Waals surface area contributed by atoms with Gasteiger partial charge in [-0.05, 0) is 31.9 Å². The first-order valence-corrected chi connectivity index (χ1v) is 11.3. The van der Waals surface area contributed by atoms with Crippen molar-refractivity contribution in [3.8, 4) is 0 Å². The number of anilines is 2. The van der Waals surface area contributed by atoms with Crippen LogP contribution >= 0.6 is 0 Å². The fourth-order valence-corrected chi connectivity index (χ4v) is 2.86. The van der Waals surface area contributed by atoms with E-state index in [1.165, 1.54) is 6.20 Å². The van der Waals surface area contributed by atoms with Crippen molar-refractivity contribution in [3.63, 3.8) is 0 Å². The fraction of sp³-hybridized carbons (Fsp3) is 0.269. The number of aliphatic imine (C=N–C) groups is 1. The monoisotopic (exact) mass is 462 g/mol. The second-order valence-corrected chi connectivity index (χ2v) is 6.90. The molecule has 2 aromatic heterocycles. The molecule has 0 amide bonds. The molecule has 0 saturated carbocycles. The molecule has 0 saturated heterocycles. The second-order valence-electron chi connectivity index (χ2n) is 6.90. The number of aromatic nitrogens is 3. The molecule has 0 aliphatic rings. The molecular formula is C26H38N8. The molecule has 0 atom stereocenters. The number of imidazole rings is 1. The van der Waals surface area contributed by atoms with Crippen molar-refractivity contribution in [2.45, 2.75) is 33.6 Å². The van der Waals surface area contributed by atoms with Crippen LogP contribution in [0.2, 0.25) is 0 Å². The quantitative estimate of drug-likeness (QED) is 0.204. The van der Waals surface area contributed by atoms with E-state index >= 15 is 0 Å². The van der Waals surface area contributed by atoms with Crippen molar-refractivity contribution in [1.29, 1.82) is 0 Å². The van der Waals surface area contributed by atoms with Gasteiger partial charge in [-0.1, -0.05) is 51.8 Å². The normalized spacial score (nSPS) is 11.5. The number of amidine groups is 1. The summed E-state index contributed by atoms with van der Waals surface area (Å²) in [4.78, 5) is 13.0. The van der Waals surface area contributed by atoms with Crippen molar-refractivity contribution in [2.75, 3.05) is 24.6 Å². The number of nitrogens with two attached hydrogens (primary N) is 2. The standard InChI is InChI=1S/C24H32N8.C2H6/c1-6-19(10-8-14-29-23-20(25)11-9-15-30-23)24-31-21(22(26)28-7-2)16-32(24)18(4)13-12-17(3)27-5;1-2/h6-11,15-16,27H,2-4,12-14,25H2,1,5H3,(H2,26,28)(H,29,30);1-2H3/b10-8-,19-6+;. The maximum absolute atomic E-state index is 6.06. The van der Waals surface area contributed by atoms with E-state index in [4.69, 9.17) is 16.5 Å². The number of pyridine rings is 1. The number of rotatable bonds is 12. The van der Waals surface area contributed by atoms with Crippen molar-refractivity contribution in [3.05, 3.63) is 85.9 Å². The molecule has 2 heterocycles. The summed E-state index contributed by atoms with van der Waals surface area (Å²) < 4.78 is 1.94. The summed E-state index contributed by atoms with van der Waals surface area (Å²) in [6.45, 7) is 18.3. The minimum absolute atomic E-state index is 0.291. The highest BCUT2D eigenvalue weighted by Gasteiger charge is 2.15. The van der Waals surface area contributed by atoms with Crippen LogP contribution in [-0.2, 0) is 0 Å². The summed E-state index contributed by atoms with van der Waals surface area (Å²) in [6, 6.07) is 3.60. The van der Waals surface area contributed by atoms with Gasteiger partial charge in [-0.15, -0.1) is 0 Å². The lowest BCUT2D eigenvalue weighted by molar-refractivity contribution is 0.838. The second kappa shape index (κ2) is 14.9. The van der Waals surface area contributed by atoms with E-state index in [1.54, 1.807) is 18.3 Å². The van der Waals surface area contributed by atoms with E-state index in [0.717, 1.165) is 29.2 Å². The lowest BCUT2D eigenvalue weighted by atomic mass is 10.2. The van der Waals surface area contributed by atoms with Gasteiger partial charge >= 0.3 is 0 Å². The molecule has 6 N–H and O–H groups in total. The highest BCUT2D eigenvalue weighted by atomic mass is 15.1. The predicted octanol–water partition coefficient (Wildman–Crippen LogP) is 4.79. The van der Waals surface area contributed by atoms with Gasteiger partial charge in [-0.2, -0.15) is 0 Å². The zero-order valence-corrected chi connectivity index (χ0v) is 20.8. The highest BCUT2D eigenvalue weighted by molar-refractivity contribution is 5.96. The first-order valence-electron chi connectivity index (χ1n) is 11.3. The molecule has 8 heteroatoms. The van der Waals surface area contributed by atoms with Crippen molar-refractivity contribution >= 4 is 28.6 Å². The Balaban J connectivity index is 0.00000281. The molecule has 34 heavy (non-hydrogen) atoms. The summed E-state index contributed by atoms with van der Waals surface area (Å²) in [5.74, 6) is 1.66. The third-order valence-corrected chi connectivity index (χ3v) is 4.70. The maximum Gasteiger partial charge on any atom is 0.150 e. The van der Waals surface area contributed by atoms with Gasteiger partial charge in [0.1, 0.15) is 17.3 Å². The number of nitrogens with zero attached hydrogens (tertiary/aromatic N) is 4. The molecule has 0 spiro atoms. The van der Waals surface area contributed by atoms with Gasteiger partial charge in [-0.25, -0.2) is 15.0 Å². The minimum Gasteiger partial charge on any atom is -0.396 e. The van der Waals surface area contributed by atoms with Gasteiger partial charge in [0.05, 0.1) is 5.69 Å². The minimum atomic E-state index is 0.291. The smallest absolute Gasteiger partial charge is 0.150 e. The largest absolute Gasteiger partial charge is 0.396 e. The van der Waals surface area contributed by atoms with Gasteiger partial charge in [0.15, 0.2) is 5.84 Å². The van der Waals surface area contributed by atoms with Gasteiger partial charge in [-0.3, -0.25) is 0 Å². The molecule has 0 aromatic carbocycles. The van der Waals surface area contributed by atoms with Crippen LogP contribution in [0.4, 0.5) is 11.5 Å². The SMILES string of the molecule is C=CN=C(N)c1cn(C(=C)CCC(=C)NC)c(C(/C=C\CNc2ncccc2N)=C/C)n1.CC. The predicted molar refractivity (Wildman–Crippen MR) is 147 cm³/mol. The van der Waals surface area contributed by atoms with E-state index in [9.17, 15) is 0 Å². The van der Waals surface area contributed by atoms with E-state index in [-0.39, 0.29) is 0 Å². The van der Waals surface area contributed by atoms with Crippen LogP contribution in [0.3, 0.4) is 0 Å². The summed E-state index contributed by atoms with van der Waals surface area (Å²) in [5.41, 5.74) is 15.9. The molecule has 0 bridgehead atoms. The third-order valence-electron chi connectivity index (χ3n) is 4.70. The number of nitrogen functional groups attached to an aromatic ring is 1. The van der Waals surface area contributed by atoms with Gasteiger partial charge in [0, 0.05) is 49.2 Å². The molecule has 0 radical (unpaired) electrons. The van der Waals surface area contributed by atoms with E-state index in [1.807, 2.05) is 56.8 Å². The molecule has 0 aliphatic heterocycles. The van der Waals surface area contributed by atoms with Gasteiger partial charge in [0.25, 0.3) is 0 Å². The maximum atomic E-state index is 6.06. The van der Waals surface area contributed by atoms with Crippen LogP contribution in [0.5, 0.6) is 0 Å². The Morgan fingerprint density at radius 1 is 1.26 bits per heavy atom. The van der Waals surface area contributed by atoms with Gasteiger partial charge < -0.3 is 26.7 Å². The van der Waals surface area contributed by atoms with Crippen molar-refractivity contribution in [2.24, 2.45) is 10.7 Å². The van der Waals surface area contributed by atoms with Crippen LogP contribution in [-0.4, -0.2) is 34.0 Å². The van der Waals surface area contributed by atoms with E-state index in [0.29, 0.717) is 36.0 Å². The number of hydrogen-bond donors (Lipinski definition) is 4. The first-order chi connectivity index (χ1) is 16.4. The van der Waals surface area contributed by atoms with E-state index < -0.39 is 0 Å². The van der Waals surface area contributed by atoms with Crippen molar-refractivity contribution in [1.82, 2.24) is 19.9 Å². The van der Waals surface area contributed by atoms with Crippen LogP contribution in [0.1, 0.15) is 45.1 Å². The molecule has 2 aromatic rings. The van der Waals surface area contributed by atoms with Crippen LogP contribution < -0.4 is 22.1 Å². The summed E-state index contributed by atoms with van der Waals surface area (Å²) in [7, 11) is 1.85. The number of hydrogen-bond acceptors (Lipinski definition) is 6. The molecule has 0 fully saturated rings. The van der Waals surface area contributed by atoms with E-state index in [2.05, 4.69) is 40.3 Å². The summed E-state index contributed by atoms with van der Waals surface area (Å²) >= 11 is 0. The molecule has 2 rings (SSSR count). The summed E-state index contributed by atoms with van der Waals surface area (Å²) in [6.07, 6.45) is 12.3. The van der Waals surface area contributed by atoms with Crippen LogP contribution in [0.15, 0.2) is 79.4 Å². The Labute approximate surface area is 203 Å². The number of allylic oxidation sites excluding steroid dienone is 5. The Kier molecular flexibility index (Phi) is 12.2. The third kappa shape index (κ3) is 8.12. The molecular weight excluding hydrogens is 424 g/mol. The Morgan fingerprint density at radius 2 is 2.00 bits per heavy atom. The summed E-state index contributed by atoms with van der Waals surface area (Å²) in [5, 5.41) is 6.26. The topological polar surface area (TPSA) is 119 Å². The average molecular weight is 463 g/mol. The Morgan fingerprint density at radius 3 is 2.62 bits per heavy atom. The fourth-order valence-electron chi connectivity index (χ4n) is 2.86. The molecule has 0 unspecified atom stereocenters. The highest BCUT2D eigenvalue weighted by Crippen LogP contribution is 2.23. The molecule has 8 nitrogen and oxygen atoms in total. The lowest BCUT2D eigenvalue weighted by Gasteiger charge is -2.12. The zero-order chi connectivity index (χ0) is 25.5. The average Bonchev–Trinajstić information content (AvgIpc) is 3.30. The first kappa shape index (κ1) is 28.0. The van der Waals surface area contributed by atoms with Crippen LogP contribution in [0.25, 0.3) is 11.3 Å². The molecule has 182 valence electrons.